The number of aromatic nitrogens is 1. The average molecular weight is 253 g/mol. The molecular weight excluding hydrogens is 238 g/mol. The van der Waals surface area contributed by atoms with Crippen molar-refractivity contribution < 1.29 is 4.79 Å². The van der Waals surface area contributed by atoms with Crippen molar-refractivity contribution in [1.29, 1.82) is 0 Å². The second-order valence-corrected chi connectivity index (χ2v) is 4.03. The van der Waals surface area contributed by atoms with Crippen LogP contribution >= 0.6 is 0 Å². The number of amides is 1. The molecule has 0 saturated carbocycles. The monoisotopic (exact) mass is 253 g/mol. The van der Waals surface area contributed by atoms with E-state index in [1.165, 1.54) is 0 Å². The van der Waals surface area contributed by atoms with Gasteiger partial charge in [-0.3, -0.25) is 4.79 Å². The summed E-state index contributed by atoms with van der Waals surface area (Å²) in [6, 6.07) is 1.91. The van der Waals surface area contributed by atoms with Gasteiger partial charge in [0.25, 0.3) is 0 Å². The molecule has 2 rings (SSSR count). The van der Waals surface area contributed by atoms with Gasteiger partial charge in [-0.25, -0.2) is 4.98 Å². The van der Waals surface area contributed by atoms with Crippen molar-refractivity contribution in [1.82, 2.24) is 4.98 Å². The van der Waals surface area contributed by atoms with E-state index in [1.54, 1.807) is 18.3 Å². The first-order valence-corrected chi connectivity index (χ1v) is 5.90. The van der Waals surface area contributed by atoms with Crippen molar-refractivity contribution in [3.05, 3.63) is 67.1 Å². The van der Waals surface area contributed by atoms with Crippen molar-refractivity contribution in [2.75, 3.05) is 10.6 Å². The fourth-order valence-electron chi connectivity index (χ4n) is 1.74. The van der Waals surface area contributed by atoms with E-state index in [1.807, 2.05) is 24.3 Å². The average Bonchev–Trinajstić information content (AvgIpc) is 2.77. The number of fused-ring (bicyclic) bond motifs is 1. The Morgan fingerprint density at radius 1 is 1.42 bits per heavy atom. The minimum absolute atomic E-state index is 0.0203. The predicted octanol–water partition coefficient (Wildman–Crippen LogP) is 2.80. The van der Waals surface area contributed by atoms with Crippen LogP contribution in [0.2, 0.25) is 0 Å². The van der Waals surface area contributed by atoms with Crippen molar-refractivity contribution in [3.63, 3.8) is 0 Å². The first-order chi connectivity index (χ1) is 9.22. The predicted molar refractivity (Wildman–Crippen MR) is 77.8 cm³/mol. The van der Waals surface area contributed by atoms with Crippen LogP contribution in [0.1, 0.15) is 5.56 Å². The van der Waals surface area contributed by atoms with Crippen molar-refractivity contribution >= 4 is 17.4 Å². The van der Waals surface area contributed by atoms with E-state index in [9.17, 15) is 4.79 Å². The number of nitrogens with zero attached hydrogens (tertiary/aromatic N) is 1. The molecule has 2 heterocycles. The van der Waals surface area contributed by atoms with E-state index < -0.39 is 0 Å². The molecule has 1 amide bonds. The highest BCUT2D eigenvalue weighted by Gasteiger charge is 2.18. The third-order valence-electron chi connectivity index (χ3n) is 2.61. The Morgan fingerprint density at radius 2 is 2.26 bits per heavy atom. The van der Waals surface area contributed by atoms with Crippen LogP contribution in [-0.2, 0) is 11.2 Å². The highest BCUT2D eigenvalue weighted by molar-refractivity contribution is 5.98. The Hall–Kier alpha value is -2.62. The number of nitrogens with one attached hydrogen (secondary N) is 2. The van der Waals surface area contributed by atoms with E-state index in [-0.39, 0.29) is 5.91 Å². The molecule has 2 N–H and O–H groups in total. The number of hydrogen-bond donors (Lipinski definition) is 2. The maximum Gasteiger partial charge on any atom is 0.230 e. The molecule has 1 aliphatic heterocycles. The number of rotatable bonds is 5. The van der Waals surface area contributed by atoms with E-state index in [0.29, 0.717) is 12.2 Å². The van der Waals surface area contributed by atoms with Crippen molar-refractivity contribution in [2.45, 2.75) is 6.42 Å². The molecule has 0 radical (unpaired) electrons. The Balaban J connectivity index is 2.15. The number of allylic oxidation sites excluding steroid dienone is 5. The van der Waals surface area contributed by atoms with Gasteiger partial charge < -0.3 is 10.6 Å². The van der Waals surface area contributed by atoms with Crippen LogP contribution in [0.5, 0.6) is 0 Å². The Labute approximate surface area is 112 Å². The zero-order chi connectivity index (χ0) is 13.7. The van der Waals surface area contributed by atoms with E-state index in [2.05, 4.69) is 28.8 Å². The molecule has 19 heavy (non-hydrogen) atoms. The van der Waals surface area contributed by atoms with Gasteiger partial charge in [-0.2, -0.15) is 0 Å². The largest absolute Gasteiger partial charge is 0.354 e. The zero-order valence-electron chi connectivity index (χ0n) is 10.5. The lowest BCUT2D eigenvalue weighted by Crippen LogP contribution is -2.04. The molecule has 1 aromatic heterocycles. The standard InChI is InChI=1S/C15H15N3O/c1-3-5-6-7-12(4-2)17-13-8-11-9-14(19)18-15(11)16-10-13/h3-8,10,17H,1-2,9H2,(H,16,18,19)/b6-5-,12-7+. The molecule has 0 aromatic carbocycles. The van der Waals surface area contributed by atoms with Crippen LogP contribution in [0.4, 0.5) is 11.5 Å². The summed E-state index contributed by atoms with van der Waals surface area (Å²) in [5, 5.41) is 5.89. The Morgan fingerprint density at radius 3 is 3.00 bits per heavy atom. The first-order valence-electron chi connectivity index (χ1n) is 5.90. The summed E-state index contributed by atoms with van der Waals surface area (Å²) in [7, 11) is 0. The van der Waals surface area contributed by atoms with Gasteiger partial charge in [0.1, 0.15) is 5.82 Å². The molecule has 1 aromatic rings. The van der Waals surface area contributed by atoms with Crippen molar-refractivity contribution in [2.24, 2.45) is 0 Å². The molecule has 0 saturated heterocycles. The molecule has 4 nitrogen and oxygen atoms in total. The maximum atomic E-state index is 11.2. The number of anilines is 2. The van der Waals surface area contributed by atoms with Gasteiger partial charge >= 0.3 is 0 Å². The molecule has 0 unspecified atom stereocenters. The van der Waals surface area contributed by atoms with Gasteiger partial charge in [0, 0.05) is 11.3 Å². The number of carbonyl (C=O) groups excluding carboxylic acids is 1. The molecule has 0 spiro atoms. The minimum Gasteiger partial charge on any atom is -0.354 e. The molecule has 1 aliphatic rings. The quantitative estimate of drug-likeness (QED) is 0.793. The molecule has 0 fully saturated rings. The maximum absolute atomic E-state index is 11.2. The van der Waals surface area contributed by atoms with Crippen molar-refractivity contribution in [3.8, 4) is 0 Å². The van der Waals surface area contributed by atoms with E-state index >= 15 is 0 Å². The van der Waals surface area contributed by atoms with Gasteiger partial charge in [-0.15, -0.1) is 0 Å². The first kappa shape index (κ1) is 12.8. The number of carbonyl (C=O) groups is 1. The molecule has 96 valence electrons. The van der Waals surface area contributed by atoms with Crippen LogP contribution in [0, 0.1) is 0 Å². The third-order valence-corrected chi connectivity index (χ3v) is 2.61. The SMILES string of the molecule is C=C/C=C\C=C(/C=C)Nc1cnc2c(c1)CC(=O)N2. The lowest BCUT2D eigenvalue weighted by molar-refractivity contribution is -0.115. The number of hydrogen-bond acceptors (Lipinski definition) is 3. The van der Waals surface area contributed by atoms with Gasteiger partial charge in [0.15, 0.2) is 0 Å². The highest BCUT2D eigenvalue weighted by Crippen LogP contribution is 2.23. The number of pyridine rings is 1. The summed E-state index contributed by atoms with van der Waals surface area (Å²) >= 11 is 0. The second kappa shape index (κ2) is 5.82. The molecular formula is C15H15N3O. The summed E-state index contributed by atoms with van der Waals surface area (Å²) in [4.78, 5) is 15.4. The summed E-state index contributed by atoms with van der Waals surface area (Å²) in [5.74, 6) is 0.624. The van der Waals surface area contributed by atoms with Gasteiger partial charge in [0.2, 0.25) is 5.91 Å². The normalized spacial score (nSPS) is 14.1. The van der Waals surface area contributed by atoms with Crippen LogP contribution in [-0.4, -0.2) is 10.9 Å². The summed E-state index contributed by atoms with van der Waals surface area (Å²) in [6.07, 6.45) is 11.0. The lowest BCUT2D eigenvalue weighted by atomic mass is 10.2. The van der Waals surface area contributed by atoms with Crippen LogP contribution in [0.15, 0.2) is 61.5 Å². The fourth-order valence-corrected chi connectivity index (χ4v) is 1.74. The highest BCUT2D eigenvalue weighted by atomic mass is 16.1. The van der Waals surface area contributed by atoms with Gasteiger partial charge in [0.05, 0.1) is 18.3 Å². The van der Waals surface area contributed by atoms with E-state index in [4.69, 9.17) is 0 Å². The van der Waals surface area contributed by atoms with Crippen LogP contribution in [0.3, 0.4) is 0 Å². The van der Waals surface area contributed by atoms with E-state index in [0.717, 1.165) is 16.9 Å². The fraction of sp³-hybridized carbons (Fsp3) is 0.0667. The van der Waals surface area contributed by atoms with Crippen LogP contribution in [0.25, 0.3) is 0 Å². The second-order valence-electron chi connectivity index (χ2n) is 4.03. The summed E-state index contributed by atoms with van der Waals surface area (Å²) in [6.45, 7) is 7.35. The minimum atomic E-state index is -0.0203. The van der Waals surface area contributed by atoms with Gasteiger partial charge in [-0.1, -0.05) is 31.4 Å². The summed E-state index contributed by atoms with van der Waals surface area (Å²) < 4.78 is 0. The molecule has 0 atom stereocenters. The Kier molecular flexibility index (Phi) is 3.93. The lowest BCUT2D eigenvalue weighted by Gasteiger charge is -2.07. The Bertz CT molecular complexity index is 585. The molecule has 4 heteroatoms. The van der Waals surface area contributed by atoms with Gasteiger partial charge in [-0.05, 0) is 18.2 Å². The molecule has 0 aliphatic carbocycles. The third kappa shape index (κ3) is 3.19. The smallest absolute Gasteiger partial charge is 0.230 e. The van der Waals surface area contributed by atoms with Crippen LogP contribution < -0.4 is 10.6 Å². The summed E-state index contributed by atoms with van der Waals surface area (Å²) in [5.41, 5.74) is 2.57. The topological polar surface area (TPSA) is 54.0 Å². The molecule has 0 bridgehead atoms. The zero-order valence-corrected chi connectivity index (χ0v) is 10.5.